The Bertz CT molecular complexity index is 369. The third kappa shape index (κ3) is 2.46. The fourth-order valence-corrected chi connectivity index (χ4v) is 2.61. The van der Waals surface area contributed by atoms with Gasteiger partial charge in [0.2, 0.25) is 0 Å². The van der Waals surface area contributed by atoms with E-state index >= 15 is 0 Å². The second-order valence-electron chi connectivity index (χ2n) is 4.58. The van der Waals surface area contributed by atoms with Crippen LogP contribution in [0.15, 0.2) is 22.7 Å². The van der Waals surface area contributed by atoms with Crippen LogP contribution in [0.1, 0.15) is 38.2 Å². The van der Waals surface area contributed by atoms with Crippen molar-refractivity contribution in [2.45, 2.75) is 44.7 Å². The standard InChI is InChI=1S/C13H17BrFN/c1-2-13(6-3-7-13)16-9-10-8-11(15)4-5-12(10)14/h4-5,8,16H,2-3,6-7,9H2,1H3. The van der Waals surface area contributed by atoms with Crippen LogP contribution in [-0.4, -0.2) is 5.54 Å². The van der Waals surface area contributed by atoms with Gasteiger partial charge in [0.25, 0.3) is 0 Å². The summed E-state index contributed by atoms with van der Waals surface area (Å²) in [5.41, 5.74) is 1.31. The van der Waals surface area contributed by atoms with Gasteiger partial charge in [0.05, 0.1) is 0 Å². The van der Waals surface area contributed by atoms with Gasteiger partial charge in [0.15, 0.2) is 0 Å². The minimum absolute atomic E-state index is 0.167. The van der Waals surface area contributed by atoms with Crippen LogP contribution in [0.2, 0.25) is 0 Å². The van der Waals surface area contributed by atoms with Gasteiger partial charge in [-0.25, -0.2) is 4.39 Å². The molecule has 0 saturated heterocycles. The smallest absolute Gasteiger partial charge is 0.123 e. The Morgan fingerprint density at radius 3 is 2.75 bits per heavy atom. The lowest BCUT2D eigenvalue weighted by atomic mass is 9.75. The molecule has 1 saturated carbocycles. The molecular weight excluding hydrogens is 269 g/mol. The molecule has 0 aromatic heterocycles. The summed E-state index contributed by atoms with van der Waals surface area (Å²) in [6, 6.07) is 4.84. The van der Waals surface area contributed by atoms with E-state index in [2.05, 4.69) is 28.2 Å². The highest BCUT2D eigenvalue weighted by atomic mass is 79.9. The molecule has 0 heterocycles. The lowest BCUT2D eigenvalue weighted by Gasteiger charge is -2.42. The van der Waals surface area contributed by atoms with E-state index in [0.29, 0.717) is 5.54 Å². The number of rotatable bonds is 4. The molecule has 0 aliphatic heterocycles. The van der Waals surface area contributed by atoms with Gasteiger partial charge in [0.1, 0.15) is 5.82 Å². The number of hydrogen-bond donors (Lipinski definition) is 1. The Morgan fingerprint density at radius 2 is 2.19 bits per heavy atom. The van der Waals surface area contributed by atoms with Crippen molar-refractivity contribution in [2.24, 2.45) is 0 Å². The molecule has 0 radical (unpaired) electrons. The predicted molar refractivity (Wildman–Crippen MR) is 67.8 cm³/mol. The zero-order chi connectivity index (χ0) is 11.6. The molecule has 0 atom stereocenters. The lowest BCUT2D eigenvalue weighted by molar-refractivity contribution is 0.175. The largest absolute Gasteiger partial charge is 0.307 e. The summed E-state index contributed by atoms with van der Waals surface area (Å²) in [4.78, 5) is 0. The molecule has 1 aliphatic rings. The molecule has 2 rings (SSSR count). The Hall–Kier alpha value is -0.410. The molecule has 1 aromatic rings. The summed E-state index contributed by atoms with van der Waals surface area (Å²) in [5.74, 6) is -0.167. The van der Waals surface area contributed by atoms with E-state index in [-0.39, 0.29) is 5.82 Å². The fraction of sp³-hybridized carbons (Fsp3) is 0.538. The SMILES string of the molecule is CCC1(NCc2cc(F)ccc2Br)CCC1. The van der Waals surface area contributed by atoms with Crippen molar-refractivity contribution in [3.05, 3.63) is 34.1 Å². The van der Waals surface area contributed by atoms with Gasteiger partial charge in [-0.05, 0) is 49.4 Å². The van der Waals surface area contributed by atoms with E-state index in [1.54, 1.807) is 12.1 Å². The molecule has 88 valence electrons. The number of hydrogen-bond acceptors (Lipinski definition) is 1. The Kier molecular flexibility index (Phi) is 3.65. The zero-order valence-corrected chi connectivity index (χ0v) is 11.1. The van der Waals surface area contributed by atoms with Crippen molar-refractivity contribution in [2.75, 3.05) is 0 Å². The Balaban J connectivity index is 2.01. The van der Waals surface area contributed by atoms with E-state index < -0.39 is 0 Å². The average molecular weight is 286 g/mol. The van der Waals surface area contributed by atoms with Gasteiger partial charge in [0, 0.05) is 16.6 Å². The number of halogens is 2. The molecular formula is C13H17BrFN. The second kappa shape index (κ2) is 4.84. The van der Waals surface area contributed by atoms with Gasteiger partial charge in [-0.3, -0.25) is 0 Å². The van der Waals surface area contributed by atoms with Crippen molar-refractivity contribution >= 4 is 15.9 Å². The molecule has 1 nitrogen and oxygen atoms in total. The maximum Gasteiger partial charge on any atom is 0.123 e. The summed E-state index contributed by atoms with van der Waals surface area (Å²) in [6.45, 7) is 2.96. The van der Waals surface area contributed by atoms with E-state index in [4.69, 9.17) is 0 Å². The maximum atomic E-state index is 13.1. The van der Waals surface area contributed by atoms with Crippen molar-refractivity contribution in [3.63, 3.8) is 0 Å². The first kappa shape index (κ1) is 12.1. The van der Waals surface area contributed by atoms with Crippen molar-refractivity contribution in [3.8, 4) is 0 Å². The predicted octanol–water partition coefficient (Wildman–Crippen LogP) is 4.01. The van der Waals surface area contributed by atoms with Gasteiger partial charge >= 0.3 is 0 Å². The van der Waals surface area contributed by atoms with Gasteiger partial charge < -0.3 is 5.32 Å². The molecule has 1 fully saturated rings. The van der Waals surface area contributed by atoms with E-state index in [1.165, 1.54) is 25.3 Å². The van der Waals surface area contributed by atoms with Crippen LogP contribution in [0.3, 0.4) is 0 Å². The number of benzene rings is 1. The first-order valence-corrected chi connectivity index (χ1v) is 6.63. The van der Waals surface area contributed by atoms with Gasteiger partial charge in [-0.1, -0.05) is 22.9 Å². The van der Waals surface area contributed by atoms with Crippen LogP contribution in [0.5, 0.6) is 0 Å². The van der Waals surface area contributed by atoms with E-state index in [1.807, 2.05) is 0 Å². The Labute approximate surface area is 105 Å². The summed E-state index contributed by atoms with van der Waals surface area (Å²) in [7, 11) is 0. The van der Waals surface area contributed by atoms with Crippen LogP contribution >= 0.6 is 15.9 Å². The summed E-state index contributed by atoms with van der Waals surface area (Å²) in [5, 5.41) is 3.57. The minimum atomic E-state index is -0.167. The first-order chi connectivity index (χ1) is 7.65. The highest BCUT2D eigenvalue weighted by molar-refractivity contribution is 9.10. The van der Waals surface area contributed by atoms with Crippen LogP contribution in [-0.2, 0) is 6.54 Å². The molecule has 1 aliphatic carbocycles. The Morgan fingerprint density at radius 1 is 1.44 bits per heavy atom. The second-order valence-corrected chi connectivity index (χ2v) is 5.43. The average Bonchev–Trinajstić information content (AvgIpc) is 2.22. The fourth-order valence-electron chi connectivity index (χ4n) is 2.22. The van der Waals surface area contributed by atoms with Crippen LogP contribution < -0.4 is 5.32 Å². The number of nitrogens with one attached hydrogen (secondary N) is 1. The van der Waals surface area contributed by atoms with Gasteiger partial charge in [-0.2, -0.15) is 0 Å². The van der Waals surface area contributed by atoms with E-state index in [0.717, 1.165) is 23.0 Å². The molecule has 0 bridgehead atoms. The zero-order valence-electron chi connectivity index (χ0n) is 9.52. The topological polar surface area (TPSA) is 12.0 Å². The van der Waals surface area contributed by atoms with Crippen LogP contribution in [0.25, 0.3) is 0 Å². The molecule has 3 heteroatoms. The first-order valence-electron chi connectivity index (χ1n) is 5.84. The molecule has 16 heavy (non-hydrogen) atoms. The molecule has 1 aromatic carbocycles. The maximum absolute atomic E-state index is 13.1. The molecule has 0 unspecified atom stereocenters. The van der Waals surface area contributed by atoms with E-state index in [9.17, 15) is 4.39 Å². The summed E-state index contributed by atoms with van der Waals surface area (Å²) in [6.07, 6.45) is 4.96. The molecule has 0 spiro atoms. The normalized spacial score (nSPS) is 18.2. The molecule has 1 N–H and O–H groups in total. The monoisotopic (exact) mass is 285 g/mol. The third-order valence-corrected chi connectivity index (χ3v) is 4.42. The van der Waals surface area contributed by atoms with Crippen LogP contribution in [0.4, 0.5) is 4.39 Å². The third-order valence-electron chi connectivity index (χ3n) is 3.65. The van der Waals surface area contributed by atoms with Crippen molar-refractivity contribution in [1.29, 1.82) is 0 Å². The van der Waals surface area contributed by atoms with Crippen molar-refractivity contribution in [1.82, 2.24) is 5.32 Å². The summed E-state index contributed by atoms with van der Waals surface area (Å²) >= 11 is 3.45. The highest BCUT2D eigenvalue weighted by Gasteiger charge is 2.34. The highest BCUT2D eigenvalue weighted by Crippen LogP contribution is 2.35. The van der Waals surface area contributed by atoms with Gasteiger partial charge in [-0.15, -0.1) is 0 Å². The van der Waals surface area contributed by atoms with Crippen LogP contribution in [0, 0.1) is 5.82 Å². The lowest BCUT2D eigenvalue weighted by Crippen LogP contribution is -2.49. The van der Waals surface area contributed by atoms with Crippen molar-refractivity contribution < 1.29 is 4.39 Å². The summed E-state index contributed by atoms with van der Waals surface area (Å²) < 4.78 is 14.1. The molecule has 0 amide bonds. The quantitative estimate of drug-likeness (QED) is 0.881. The minimum Gasteiger partial charge on any atom is -0.307 e.